The van der Waals surface area contributed by atoms with Gasteiger partial charge < -0.3 is 15.4 Å². The molecule has 7 heteroatoms. The third-order valence-electron chi connectivity index (χ3n) is 2.13. The summed E-state index contributed by atoms with van der Waals surface area (Å²) >= 11 is 9.18. The van der Waals surface area contributed by atoms with E-state index in [0.29, 0.717) is 10.8 Å². The molecule has 2 aromatic rings. The number of hydrogen-bond donors (Lipinski definition) is 2. The lowest BCUT2D eigenvalue weighted by Gasteiger charge is -1.99. The second-order valence-electron chi connectivity index (χ2n) is 3.34. The second kappa shape index (κ2) is 5.14. The maximum atomic E-state index is 9.44. The molecule has 5 nitrogen and oxygen atoms in total. The molecule has 0 fully saturated rings. The minimum absolute atomic E-state index is 0.0337. The first-order valence-electron chi connectivity index (χ1n) is 4.79. The Bertz CT molecular complexity index is 532. The van der Waals surface area contributed by atoms with E-state index in [1.807, 2.05) is 0 Å². The summed E-state index contributed by atoms with van der Waals surface area (Å²) in [5, 5.41) is 13.8. The van der Waals surface area contributed by atoms with Gasteiger partial charge in [0.2, 0.25) is 5.82 Å². The summed E-state index contributed by atoms with van der Waals surface area (Å²) in [5.41, 5.74) is 6.03. The first-order valence-corrected chi connectivity index (χ1v) is 5.96. The van der Waals surface area contributed by atoms with Crippen LogP contribution in [0.2, 0.25) is 5.02 Å². The van der Waals surface area contributed by atoms with E-state index in [1.54, 1.807) is 18.2 Å². The predicted octanol–water partition coefficient (Wildman–Crippen LogP) is 2.14. The monoisotopic (exact) mass is 317 g/mol. The van der Waals surface area contributed by atoms with E-state index in [1.165, 1.54) is 0 Å². The molecule has 0 saturated heterocycles. The third kappa shape index (κ3) is 2.66. The summed E-state index contributed by atoms with van der Waals surface area (Å²) in [6, 6.07) is 5.25. The standard InChI is InChI=1S/C10H9BrClN3O2/c11-6-3-5(1-2-7(6)12)9-14-10(17-15-9)8(16)4-13/h1-3,8,16H,4,13H2. The van der Waals surface area contributed by atoms with Gasteiger partial charge in [0.1, 0.15) is 6.10 Å². The Labute approximate surface area is 111 Å². The van der Waals surface area contributed by atoms with Gasteiger partial charge in [-0.15, -0.1) is 0 Å². The number of aliphatic hydroxyl groups is 1. The Kier molecular flexibility index (Phi) is 3.78. The molecule has 1 atom stereocenters. The molecule has 1 heterocycles. The fourth-order valence-corrected chi connectivity index (χ4v) is 1.72. The van der Waals surface area contributed by atoms with Crippen LogP contribution in [0.1, 0.15) is 12.0 Å². The fraction of sp³-hybridized carbons (Fsp3) is 0.200. The number of hydrogen-bond acceptors (Lipinski definition) is 5. The molecular weight excluding hydrogens is 309 g/mol. The Hall–Kier alpha value is -0.950. The number of aromatic nitrogens is 2. The molecule has 0 saturated carbocycles. The highest BCUT2D eigenvalue weighted by atomic mass is 79.9. The van der Waals surface area contributed by atoms with Crippen LogP contribution >= 0.6 is 27.5 Å². The quantitative estimate of drug-likeness (QED) is 0.905. The molecule has 0 aliphatic heterocycles. The van der Waals surface area contributed by atoms with Gasteiger partial charge in [0.15, 0.2) is 0 Å². The van der Waals surface area contributed by atoms with Crippen molar-refractivity contribution in [1.29, 1.82) is 0 Å². The van der Waals surface area contributed by atoms with Crippen LogP contribution in [0.4, 0.5) is 0 Å². The summed E-state index contributed by atoms with van der Waals surface area (Å²) in [4.78, 5) is 4.05. The molecule has 1 unspecified atom stereocenters. The van der Waals surface area contributed by atoms with Crippen LogP contribution in [0, 0.1) is 0 Å². The molecule has 3 N–H and O–H groups in total. The zero-order valence-electron chi connectivity index (χ0n) is 8.60. The molecule has 90 valence electrons. The van der Waals surface area contributed by atoms with Gasteiger partial charge in [0.25, 0.3) is 5.89 Å². The van der Waals surface area contributed by atoms with E-state index in [4.69, 9.17) is 21.9 Å². The van der Waals surface area contributed by atoms with Gasteiger partial charge in [-0.25, -0.2) is 0 Å². The molecule has 0 spiro atoms. The summed E-state index contributed by atoms with van der Waals surface area (Å²) in [7, 11) is 0. The lowest BCUT2D eigenvalue weighted by Crippen LogP contribution is -2.11. The number of nitrogens with two attached hydrogens (primary N) is 1. The number of nitrogens with zero attached hydrogens (tertiary/aromatic N) is 2. The highest BCUT2D eigenvalue weighted by Gasteiger charge is 2.15. The second-order valence-corrected chi connectivity index (χ2v) is 4.60. The zero-order valence-corrected chi connectivity index (χ0v) is 10.9. The van der Waals surface area contributed by atoms with E-state index < -0.39 is 6.10 Å². The van der Waals surface area contributed by atoms with Crippen LogP contribution in [-0.4, -0.2) is 21.8 Å². The lowest BCUT2D eigenvalue weighted by molar-refractivity contribution is 0.141. The van der Waals surface area contributed by atoms with E-state index in [-0.39, 0.29) is 12.4 Å². The Morgan fingerprint density at radius 3 is 2.94 bits per heavy atom. The first-order chi connectivity index (χ1) is 8.11. The van der Waals surface area contributed by atoms with Crippen molar-refractivity contribution in [3.05, 3.63) is 33.6 Å². The molecule has 0 radical (unpaired) electrons. The normalized spacial score (nSPS) is 12.7. The van der Waals surface area contributed by atoms with E-state index in [2.05, 4.69) is 26.1 Å². The van der Waals surface area contributed by atoms with Crippen LogP contribution in [0.3, 0.4) is 0 Å². The minimum atomic E-state index is -0.938. The van der Waals surface area contributed by atoms with E-state index in [9.17, 15) is 5.11 Å². The van der Waals surface area contributed by atoms with Crippen LogP contribution in [0.15, 0.2) is 27.2 Å². The lowest BCUT2D eigenvalue weighted by atomic mass is 10.2. The largest absolute Gasteiger partial charge is 0.382 e. The SMILES string of the molecule is NCC(O)c1nc(-c2ccc(Cl)c(Br)c2)no1. The fourth-order valence-electron chi connectivity index (χ4n) is 1.22. The topological polar surface area (TPSA) is 85.2 Å². The van der Waals surface area contributed by atoms with Crippen LogP contribution in [0.5, 0.6) is 0 Å². The average molecular weight is 319 g/mol. The Balaban J connectivity index is 2.33. The number of benzene rings is 1. The molecule has 1 aromatic carbocycles. The van der Waals surface area contributed by atoms with Gasteiger partial charge in [-0.3, -0.25) is 0 Å². The summed E-state index contributed by atoms with van der Waals surface area (Å²) in [5.74, 6) is 0.485. The van der Waals surface area contributed by atoms with Crippen LogP contribution < -0.4 is 5.73 Å². The molecule has 17 heavy (non-hydrogen) atoms. The van der Waals surface area contributed by atoms with Crippen molar-refractivity contribution in [2.24, 2.45) is 5.73 Å². The van der Waals surface area contributed by atoms with Crippen molar-refractivity contribution in [3.8, 4) is 11.4 Å². The van der Waals surface area contributed by atoms with Gasteiger partial charge in [-0.1, -0.05) is 16.8 Å². The molecule has 0 aliphatic carbocycles. The molecule has 0 amide bonds. The number of halogens is 2. The molecule has 0 aliphatic rings. The molecular formula is C10H9BrClN3O2. The molecule has 0 bridgehead atoms. The van der Waals surface area contributed by atoms with Crippen molar-refractivity contribution >= 4 is 27.5 Å². The minimum Gasteiger partial charge on any atom is -0.382 e. The van der Waals surface area contributed by atoms with Crippen LogP contribution in [0.25, 0.3) is 11.4 Å². The van der Waals surface area contributed by atoms with Crippen molar-refractivity contribution in [2.45, 2.75) is 6.10 Å². The van der Waals surface area contributed by atoms with Gasteiger partial charge in [0.05, 0.1) is 5.02 Å². The van der Waals surface area contributed by atoms with Crippen molar-refractivity contribution in [1.82, 2.24) is 10.1 Å². The van der Waals surface area contributed by atoms with Gasteiger partial charge in [0, 0.05) is 16.6 Å². The van der Waals surface area contributed by atoms with Crippen molar-refractivity contribution in [3.63, 3.8) is 0 Å². The maximum absolute atomic E-state index is 9.44. The summed E-state index contributed by atoms with van der Waals surface area (Å²) < 4.78 is 5.64. The van der Waals surface area contributed by atoms with Crippen molar-refractivity contribution in [2.75, 3.05) is 6.54 Å². The third-order valence-corrected chi connectivity index (χ3v) is 3.34. The van der Waals surface area contributed by atoms with Crippen molar-refractivity contribution < 1.29 is 9.63 Å². The average Bonchev–Trinajstić information content (AvgIpc) is 2.81. The number of rotatable bonds is 3. The smallest absolute Gasteiger partial charge is 0.257 e. The first kappa shape index (κ1) is 12.5. The highest BCUT2D eigenvalue weighted by molar-refractivity contribution is 9.10. The van der Waals surface area contributed by atoms with Gasteiger partial charge in [-0.2, -0.15) is 4.98 Å². The van der Waals surface area contributed by atoms with Gasteiger partial charge in [-0.05, 0) is 34.1 Å². The number of aliphatic hydroxyl groups excluding tert-OH is 1. The highest BCUT2D eigenvalue weighted by Crippen LogP contribution is 2.27. The molecule has 2 rings (SSSR count). The zero-order chi connectivity index (χ0) is 12.4. The molecule has 1 aromatic heterocycles. The summed E-state index contributed by atoms with van der Waals surface area (Å²) in [6.07, 6.45) is -0.938. The Morgan fingerprint density at radius 1 is 1.53 bits per heavy atom. The van der Waals surface area contributed by atoms with E-state index in [0.717, 1.165) is 10.0 Å². The maximum Gasteiger partial charge on any atom is 0.257 e. The van der Waals surface area contributed by atoms with Gasteiger partial charge >= 0.3 is 0 Å². The van der Waals surface area contributed by atoms with Crippen LogP contribution in [-0.2, 0) is 0 Å². The predicted molar refractivity (Wildman–Crippen MR) is 66.5 cm³/mol. The summed E-state index contributed by atoms with van der Waals surface area (Å²) in [6.45, 7) is 0.0337. The van der Waals surface area contributed by atoms with E-state index >= 15 is 0 Å². The Morgan fingerprint density at radius 2 is 2.29 bits per heavy atom.